The largest absolute Gasteiger partial charge is 0.472 e. The molecule has 101 heavy (non-hydrogen) atoms. The van der Waals surface area contributed by atoms with Crippen LogP contribution in [0, 0.1) is 11.8 Å². The number of carbonyl (C=O) groups is 4. The Labute approximate surface area is 619 Å². The summed E-state index contributed by atoms with van der Waals surface area (Å²) in [5.41, 5.74) is 0. The average molecular weight is 1480 g/mol. The number of phosphoric acid groups is 2. The number of esters is 4. The van der Waals surface area contributed by atoms with Crippen molar-refractivity contribution in [3.8, 4) is 0 Å². The fourth-order valence-electron chi connectivity index (χ4n) is 12.7. The molecule has 0 bridgehead atoms. The Bertz CT molecular complexity index is 1940. The zero-order chi connectivity index (χ0) is 74.2. The van der Waals surface area contributed by atoms with E-state index in [2.05, 4.69) is 41.5 Å². The van der Waals surface area contributed by atoms with Crippen LogP contribution in [0.5, 0.6) is 0 Å². The lowest BCUT2D eigenvalue weighted by atomic mass is 10.0. The highest BCUT2D eigenvalue weighted by atomic mass is 31.2. The lowest BCUT2D eigenvalue weighted by Crippen LogP contribution is -2.30. The van der Waals surface area contributed by atoms with E-state index < -0.39 is 97.5 Å². The number of rotatable bonds is 81. The van der Waals surface area contributed by atoms with E-state index in [9.17, 15) is 43.2 Å². The number of aliphatic hydroxyl groups excluding tert-OH is 1. The Morgan fingerprint density at radius 1 is 0.267 bits per heavy atom. The second-order valence-electron chi connectivity index (χ2n) is 30.5. The van der Waals surface area contributed by atoms with Crippen molar-refractivity contribution in [1.82, 2.24) is 0 Å². The molecule has 0 aliphatic heterocycles. The first-order chi connectivity index (χ1) is 48.9. The maximum atomic E-state index is 13.1. The van der Waals surface area contributed by atoms with E-state index in [1.165, 1.54) is 250 Å². The normalized spacial score (nSPS) is 13.9. The first kappa shape index (κ1) is 99.1. The van der Waals surface area contributed by atoms with Crippen LogP contribution in [0.15, 0.2) is 0 Å². The third kappa shape index (κ3) is 76.1. The summed E-state index contributed by atoms with van der Waals surface area (Å²) in [4.78, 5) is 72.9. The highest BCUT2D eigenvalue weighted by Crippen LogP contribution is 2.45. The van der Waals surface area contributed by atoms with Crippen LogP contribution in [-0.2, 0) is 65.4 Å². The zero-order valence-corrected chi connectivity index (χ0v) is 68.0. The summed E-state index contributed by atoms with van der Waals surface area (Å²) in [6.45, 7) is 9.58. The van der Waals surface area contributed by atoms with E-state index in [4.69, 9.17) is 37.0 Å². The van der Waals surface area contributed by atoms with Crippen LogP contribution in [0.2, 0.25) is 0 Å². The van der Waals surface area contributed by atoms with Gasteiger partial charge in [0.1, 0.15) is 19.3 Å². The molecule has 0 aliphatic carbocycles. The highest BCUT2D eigenvalue weighted by molar-refractivity contribution is 7.47. The van der Waals surface area contributed by atoms with Crippen molar-refractivity contribution < 1.29 is 80.2 Å². The molecule has 0 spiro atoms. The molecule has 5 atom stereocenters. The minimum Gasteiger partial charge on any atom is -0.462 e. The number of carbonyl (C=O) groups excluding carboxylic acids is 4. The first-order valence-corrected chi connectivity index (χ1v) is 45.5. The Hall–Kier alpha value is -1.94. The van der Waals surface area contributed by atoms with Crippen LogP contribution in [0.4, 0.5) is 0 Å². The fraction of sp³-hybridized carbons (Fsp3) is 0.951. The van der Waals surface area contributed by atoms with Crippen LogP contribution in [-0.4, -0.2) is 96.7 Å². The summed E-state index contributed by atoms with van der Waals surface area (Å²) in [6.07, 6.45) is 64.2. The minimum atomic E-state index is -4.96. The second kappa shape index (κ2) is 73.6. The van der Waals surface area contributed by atoms with Gasteiger partial charge in [-0.1, -0.05) is 382 Å². The van der Waals surface area contributed by atoms with Crippen molar-refractivity contribution in [3.63, 3.8) is 0 Å². The van der Waals surface area contributed by atoms with Crippen molar-refractivity contribution in [2.24, 2.45) is 11.8 Å². The predicted octanol–water partition coefficient (Wildman–Crippen LogP) is 24.7. The quantitative estimate of drug-likeness (QED) is 0.0222. The second-order valence-corrected chi connectivity index (χ2v) is 33.4. The number of phosphoric ester groups is 2. The van der Waals surface area contributed by atoms with Crippen LogP contribution < -0.4 is 0 Å². The third-order valence-electron chi connectivity index (χ3n) is 19.2. The van der Waals surface area contributed by atoms with Gasteiger partial charge in [-0.25, -0.2) is 9.13 Å². The maximum Gasteiger partial charge on any atom is 0.472 e. The van der Waals surface area contributed by atoms with E-state index >= 15 is 0 Å². The van der Waals surface area contributed by atoms with Gasteiger partial charge in [-0.3, -0.25) is 37.3 Å². The summed E-state index contributed by atoms with van der Waals surface area (Å²) in [5.74, 6) is -0.597. The molecule has 0 aromatic heterocycles. The third-order valence-corrected chi connectivity index (χ3v) is 21.1. The van der Waals surface area contributed by atoms with Crippen molar-refractivity contribution >= 4 is 39.5 Å². The maximum absolute atomic E-state index is 13.1. The lowest BCUT2D eigenvalue weighted by molar-refractivity contribution is -0.161. The SMILES string of the molecule is CCCCCCCCCCCCCCCCCCCCCCCC(=O)OC[C@H](COP(=O)(O)OC[C@@H](O)COP(=O)(O)OC[C@@H](COC(=O)CCCCCCCCCCC)OC(=O)CCCCCCCCCC(C)C)OC(=O)CCCCCCCCCCCCCCCCCCCCC(C)C. The zero-order valence-electron chi connectivity index (χ0n) is 66.2. The minimum absolute atomic E-state index is 0.104. The molecule has 17 nitrogen and oxygen atoms in total. The van der Waals surface area contributed by atoms with Gasteiger partial charge in [0.2, 0.25) is 0 Å². The number of ether oxygens (including phenoxy) is 4. The van der Waals surface area contributed by atoms with E-state index in [0.29, 0.717) is 31.6 Å². The van der Waals surface area contributed by atoms with Gasteiger partial charge in [0, 0.05) is 25.7 Å². The van der Waals surface area contributed by atoms with Crippen LogP contribution in [0.25, 0.3) is 0 Å². The molecule has 0 aliphatic rings. The molecule has 600 valence electrons. The van der Waals surface area contributed by atoms with E-state index in [1.54, 1.807) is 0 Å². The summed E-state index contributed by atoms with van der Waals surface area (Å²) in [5, 5.41) is 10.6. The summed E-state index contributed by atoms with van der Waals surface area (Å²) < 4.78 is 68.6. The van der Waals surface area contributed by atoms with Crippen LogP contribution in [0.3, 0.4) is 0 Å². The molecule has 0 fully saturated rings. The van der Waals surface area contributed by atoms with Gasteiger partial charge in [0.05, 0.1) is 26.4 Å². The molecule has 19 heteroatoms. The van der Waals surface area contributed by atoms with Gasteiger partial charge in [0.15, 0.2) is 12.2 Å². The van der Waals surface area contributed by atoms with Gasteiger partial charge in [-0.15, -0.1) is 0 Å². The van der Waals surface area contributed by atoms with Crippen molar-refractivity contribution in [2.45, 2.75) is 452 Å². The molecular formula is C82H160O17P2. The Kier molecular flexibility index (Phi) is 72.2. The number of unbranched alkanes of at least 4 members (excludes halogenated alkanes) is 51. The summed E-state index contributed by atoms with van der Waals surface area (Å²) >= 11 is 0. The fourth-order valence-corrected chi connectivity index (χ4v) is 14.3. The smallest absolute Gasteiger partial charge is 0.462 e. The van der Waals surface area contributed by atoms with Gasteiger partial charge < -0.3 is 33.8 Å². The average Bonchev–Trinajstić information content (AvgIpc) is 0.941. The van der Waals surface area contributed by atoms with E-state index in [1.807, 2.05) is 0 Å². The Morgan fingerprint density at radius 2 is 0.455 bits per heavy atom. The number of aliphatic hydroxyl groups is 1. The van der Waals surface area contributed by atoms with Crippen molar-refractivity contribution in [3.05, 3.63) is 0 Å². The monoisotopic (exact) mass is 1480 g/mol. The van der Waals surface area contributed by atoms with Crippen molar-refractivity contribution in [2.75, 3.05) is 39.6 Å². The molecule has 0 saturated heterocycles. The molecule has 0 radical (unpaired) electrons. The predicted molar refractivity (Wildman–Crippen MR) is 414 cm³/mol. The lowest BCUT2D eigenvalue weighted by Gasteiger charge is -2.21. The molecule has 0 aromatic carbocycles. The molecule has 0 aromatic rings. The van der Waals surface area contributed by atoms with Crippen LogP contribution >= 0.6 is 15.6 Å². The Balaban J connectivity index is 5.16. The molecular weight excluding hydrogens is 1320 g/mol. The van der Waals surface area contributed by atoms with E-state index in [-0.39, 0.29) is 25.7 Å². The first-order valence-electron chi connectivity index (χ1n) is 42.5. The van der Waals surface area contributed by atoms with Crippen molar-refractivity contribution in [1.29, 1.82) is 0 Å². The van der Waals surface area contributed by atoms with Gasteiger partial charge in [-0.05, 0) is 37.5 Å². The number of hydrogen-bond acceptors (Lipinski definition) is 15. The molecule has 3 N–H and O–H groups in total. The van der Waals surface area contributed by atoms with Gasteiger partial charge in [-0.2, -0.15) is 0 Å². The van der Waals surface area contributed by atoms with E-state index in [0.717, 1.165) is 95.8 Å². The standard InChI is InChI=1S/C82H160O17P2/c1-7-9-11-13-15-17-18-19-20-21-22-23-24-28-31-34-37-41-47-53-59-65-80(85)93-70-77(98-81(86)66-60-54-48-42-38-35-32-29-26-25-27-30-33-36-40-44-50-56-62-74(3)4)72-96-100(88,89)94-68-76(83)69-95-101(90,91)97-73-78(71-92-79(84)64-58-52-46-39-16-14-12-10-8-2)99-82(87)67-61-55-49-43-45-51-57-63-75(5)6/h74-78,83H,7-73H2,1-6H3,(H,88,89)(H,90,91)/t76-,77-,78-/m1/s1. The topological polar surface area (TPSA) is 237 Å². The van der Waals surface area contributed by atoms with Gasteiger partial charge in [0.25, 0.3) is 0 Å². The molecule has 0 rings (SSSR count). The summed E-state index contributed by atoms with van der Waals surface area (Å²) in [6, 6.07) is 0. The number of hydrogen-bond donors (Lipinski definition) is 3. The molecule has 0 heterocycles. The van der Waals surface area contributed by atoms with Crippen LogP contribution in [0.1, 0.15) is 433 Å². The summed E-state index contributed by atoms with van der Waals surface area (Å²) in [7, 11) is -9.91. The highest BCUT2D eigenvalue weighted by Gasteiger charge is 2.30. The molecule has 2 unspecified atom stereocenters. The van der Waals surface area contributed by atoms with Gasteiger partial charge >= 0.3 is 39.5 Å². The Morgan fingerprint density at radius 3 is 0.673 bits per heavy atom. The molecule has 0 saturated carbocycles. The molecule has 0 amide bonds.